The van der Waals surface area contributed by atoms with Crippen molar-refractivity contribution in [1.29, 1.82) is 0 Å². The smallest absolute Gasteiger partial charge is 0.274 e. The fourth-order valence-electron chi connectivity index (χ4n) is 2.23. The van der Waals surface area contributed by atoms with E-state index in [2.05, 4.69) is 21.9 Å². The molecule has 92 valence electrons. The van der Waals surface area contributed by atoms with E-state index in [0.29, 0.717) is 5.52 Å². The first-order valence-corrected chi connectivity index (χ1v) is 6.29. The Morgan fingerprint density at radius 2 is 2.06 bits per heavy atom. The van der Waals surface area contributed by atoms with Crippen LogP contribution < -0.4 is 5.56 Å². The van der Waals surface area contributed by atoms with Gasteiger partial charge in [0.1, 0.15) is 16.9 Å². The van der Waals surface area contributed by atoms with Crippen LogP contribution in [0.3, 0.4) is 0 Å². The van der Waals surface area contributed by atoms with Crippen LogP contribution in [0.4, 0.5) is 0 Å². The largest absolute Gasteiger partial charge is 0.337 e. The highest BCUT2D eigenvalue weighted by molar-refractivity contribution is 6.01. The predicted molar refractivity (Wildman–Crippen MR) is 72.8 cm³/mol. The molecule has 0 saturated heterocycles. The number of hydrogen-bond donors (Lipinski definition) is 2. The van der Waals surface area contributed by atoms with E-state index < -0.39 is 0 Å². The van der Waals surface area contributed by atoms with Crippen molar-refractivity contribution in [3.05, 3.63) is 40.4 Å². The third-order valence-corrected chi connectivity index (χ3v) is 3.18. The van der Waals surface area contributed by atoms with E-state index in [1.165, 1.54) is 0 Å². The van der Waals surface area contributed by atoms with E-state index in [-0.39, 0.29) is 5.56 Å². The third kappa shape index (κ3) is 1.70. The number of nitrogens with one attached hydrogen (secondary N) is 2. The van der Waals surface area contributed by atoms with Gasteiger partial charge in [0.05, 0.1) is 5.52 Å². The Bertz CT molecular complexity index is 754. The molecule has 4 nitrogen and oxygen atoms in total. The van der Waals surface area contributed by atoms with Crippen LogP contribution in [0.15, 0.2) is 29.1 Å². The second-order valence-electron chi connectivity index (χ2n) is 4.51. The Kier molecular flexibility index (Phi) is 2.63. The van der Waals surface area contributed by atoms with E-state index in [1.807, 2.05) is 24.3 Å². The Morgan fingerprint density at radius 3 is 2.89 bits per heavy atom. The number of rotatable bonds is 3. The van der Waals surface area contributed by atoms with Crippen molar-refractivity contribution >= 4 is 21.9 Å². The Morgan fingerprint density at radius 1 is 1.22 bits per heavy atom. The number of para-hydroxylation sites is 1. The Hall–Kier alpha value is -2.10. The number of hydrogen-bond acceptors (Lipinski definition) is 2. The molecule has 0 amide bonds. The quantitative estimate of drug-likeness (QED) is 0.740. The van der Waals surface area contributed by atoms with Crippen LogP contribution in [0, 0.1) is 0 Å². The van der Waals surface area contributed by atoms with E-state index in [1.54, 1.807) is 0 Å². The number of H-pyrrole nitrogens is 2. The minimum absolute atomic E-state index is 0.0982. The molecule has 0 atom stereocenters. The van der Waals surface area contributed by atoms with Gasteiger partial charge in [-0.15, -0.1) is 0 Å². The van der Waals surface area contributed by atoms with Gasteiger partial charge in [-0.1, -0.05) is 31.5 Å². The average Bonchev–Trinajstić information content (AvgIpc) is 2.81. The summed E-state index contributed by atoms with van der Waals surface area (Å²) in [4.78, 5) is 22.5. The summed E-state index contributed by atoms with van der Waals surface area (Å²) in [5.74, 6) is 0.897. The van der Waals surface area contributed by atoms with E-state index >= 15 is 0 Å². The van der Waals surface area contributed by atoms with Crippen LogP contribution in [0.5, 0.6) is 0 Å². The number of imidazole rings is 1. The van der Waals surface area contributed by atoms with E-state index in [9.17, 15) is 4.79 Å². The molecule has 0 saturated carbocycles. The van der Waals surface area contributed by atoms with Crippen LogP contribution in [0.25, 0.3) is 21.9 Å². The first kappa shape index (κ1) is 11.0. The third-order valence-electron chi connectivity index (χ3n) is 3.18. The lowest BCUT2D eigenvalue weighted by Crippen LogP contribution is -2.06. The molecular weight excluding hydrogens is 226 g/mol. The van der Waals surface area contributed by atoms with Gasteiger partial charge >= 0.3 is 0 Å². The molecule has 4 heteroatoms. The second-order valence-corrected chi connectivity index (χ2v) is 4.51. The number of benzene rings is 1. The van der Waals surface area contributed by atoms with Crippen molar-refractivity contribution in [3.63, 3.8) is 0 Å². The first-order valence-electron chi connectivity index (χ1n) is 6.29. The summed E-state index contributed by atoms with van der Waals surface area (Å²) in [6.45, 7) is 2.14. The monoisotopic (exact) mass is 241 g/mol. The lowest BCUT2D eigenvalue weighted by Gasteiger charge is -1.96. The molecule has 0 bridgehead atoms. The summed E-state index contributed by atoms with van der Waals surface area (Å²) < 4.78 is 0. The predicted octanol–water partition coefficient (Wildman–Crippen LogP) is 2.75. The van der Waals surface area contributed by atoms with Crippen molar-refractivity contribution in [2.45, 2.75) is 26.2 Å². The molecule has 0 aliphatic rings. The molecule has 1 aromatic carbocycles. The molecule has 2 aromatic heterocycles. The highest BCUT2D eigenvalue weighted by atomic mass is 16.1. The maximum Gasteiger partial charge on any atom is 0.274 e. The number of aryl methyl sites for hydroxylation is 1. The van der Waals surface area contributed by atoms with Gasteiger partial charge in [-0.25, -0.2) is 4.98 Å². The van der Waals surface area contributed by atoms with Crippen molar-refractivity contribution in [2.75, 3.05) is 0 Å². The van der Waals surface area contributed by atoms with Gasteiger partial charge in [-0.05, 0) is 12.5 Å². The van der Waals surface area contributed by atoms with Gasteiger partial charge < -0.3 is 9.97 Å². The molecule has 2 N–H and O–H groups in total. The lowest BCUT2D eigenvalue weighted by molar-refractivity contribution is 0.765. The van der Waals surface area contributed by atoms with Gasteiger partial charge in [0, 0.05) is 11.8 Å². The van der Waals surface area contributed by atoms with Crippen molar-refractivity contribution < 1.29 is 0 Å². The van der Waals surface area contributed by atoms with Gasteiger partial charge in [0.25, 0.3) is 5.56 Å². The van der Waals surface area contributed by atoms with Gasteiger partial charge in [-0.3, -0.25) is 4.79 Å². The topological polar surface area (TPSA) is 61.5 Å². The standard InChI is InChI=1S/C14H15N3O/c1-2-3-8-11-16-12-9-6-4-5-7-10(9)15-14(18)13(12)17-11/h4-7H,2-3,8H2,1H3,(H,15,18)(H,16,17). The summed E-state index contributed by atoms with van der Waals surface area (Å²) in [7, 11) is 0. The van der Waals surface area contributed by atoms with Crippen LogP contribution in [-0.2, 0) is 6.42 Å². The zero-order valence-corrected chi connectivity index (χ0v) is 10.3. The SMILES string of the molecule is CCCCc1nc2c([nH]1)c(=O)[nH]c1ccccc12. The summed E-state index contributed by atoms with van der Waals surface area (Å²) >= 11 is 0. The molecule has 18 heavy (non-hydrogen) atoms. The normalized spacial score (nSPS) is 11.4. The fourth-order valence-corrected chi connectivity index (χ4v) is 2.23. The molecule has 0 aliphatic heterocycles. The molecular formula is C14H15N3O. The highest BCUT2D eigenvalue weighted by Gasteiger charge is 2.09. The number of aromatic amines is 2. The zero-order chi connectivity index (χ0) is 12.5. The average molecular weight is 241 g/mol. The molecule has 0 radical (unpaired) electrons. The maximum absolute atomic E-state index is 12.0. The first-order chi connectivity index (χ1) is 8.79. The lowest BCUT2D eigenvalue weighted by atomic mass is 10.2. The molecule has 0 spiro atoms. The number of pyridine rings is 1. The number of fused-ring (bicyclic) bond motifs is 3. The fraction of sp³-hybridized carbons (Fsp3) is 0.286. The van der Waals surface area contributed by atoms with Crippen molar-refractivity contribution in [1.82, 2.24) is 15.0 Å². The second kappa shape index (κ2) is 4.29. The summed E-state index contributed by atoms with van der Waals surface area (Å²) in [6, 6.07) is 7.75. The molecule has 0 unspecified atom stereocenters. The van der Waals surface area contributed by atoms with Crippen LogP contribution >= 0.6 is 0 Å². The number of nitrogens with zero attached hydrogens (tertiary/aromatic N) is 1. The van der Waals surface area contributed by atoms with Gasteiger partial charge in [0.15, 0.2) is 0 Å². The summed E-state index contributed by atoms with van der Waals surface area (Å²) in [6.07, 6.45) is 3.09. The van der Waals surface area contributed by atoms with Crippen molar-refractivity contribution in [2.24, 2.45) is 0 Å². The van der Waals surface area contributed by atoms with Crippen molar-refractivity contribution in [3.8, 4) is 0 Å². The Labute approximate surface area is 104 Å². The van der Waals surface area contributed by atoms with E-state index in [4.69, 9.17) is 0 Å². The molecule has 3 rings (SSSR count). The highest BCUT2D eigenvalue weighted by Crippen LogP contribution is 2.19. The molecule has 3 aromatic rings. The van der Waals surface area contributed by atoms with Crippen LogP contribution in [0.1, 0.15) is 25.6 Å². The maximum atomic E-state index is 12.0. The van der Waals surface area contributed by atoms with Gasteiger partial charge in [-0.2, -0.15) is 0 Å². The number of unbranched alkanes of at least 4 members (excludes halogenated alkanes) is 1. The zero-order valence-electron chi connectivity index (χ0n) is 10.3. The molecule has 0 fully saturated rings. The number of aromatic nitrogens is 3. The van der Waals surface area contributed by atoms with Gasteiger partial charge in [0.2, 0.25) is 0 Å². The summed E-state index contributed by atoms with van der Waals surface area (Å²) in [5, 5.41) is 0.992. The minimum atomic E-state index is -0.0982. The van der Waals surface area contributed by atoms with Crippen LogP contribution in [-0.4, -0.2) is 15.0 Å². The summed E-state index contributed by atoms with van der Waals surface area (Å²) in [5.41, 5.74) is 2.10. The minimum Gasteiger partial charge on any atom is -0.337 e. The Balaban J connectivity index is 2.27. The molecule has 2 heterocycles. The molecule has 0 aliphatic carbocycles. The van der Waals surface area contributed by atoms with E-state index in [0.717, 1.165) is 41.5 Å². The van der Waals surface area contributed by atoms with Crippen LogP contribution in [0.2, 0.25) is 0 Å².